The largest absolute Gasteiger partial charge is 0.451 e. The van der Waals surface area contributed by atoms with Gasteiger partial charge < -0.3 is 4.74 Å². The number of non-ortho nitro benzene ring substituents is 1. The zero-order chi connectivity index (χ0) is 16.1. The number of rotatable bonds is 5. The third-order valence-electron chi connectivity index (χ3n) is 3.03. The van der Waals surface area contributed by atoms with Gasteiger partial charge in [0.1, 0.15) is 0 Å². The second-order valence-electron chi connectivity index (χ2n) is 4.58. The third-order valence-corrected chi connectivity index (χ3v) is 3.03. The molecule has 0 N–H and O–H groups in total. The summed E-state index contributed by atoms with van der Waals surface area (Å²) in [6.45, 7) is 1.48. The molecule has 0 heterocycles. The van der Waals surface area contributed by atoms with Gasteiger partial charge in [0.05, 0.1) is 10.5 Å². The number of esters is 1. The second kappa shape index (κ2) is 6.62. The Bertz CT molecular complexity index is 694. The molecular formula is C16H13NO5. The van der Waals surface area contributed by atoms with E-state index in [0.29, 0.717) is 5.56 Å². The number of benzene rings is 2. The molecule has 0 aliphatic carbocycles. The lowest BCUT2D eigenvalue weighted by molar-refractivity contribution is -0.384. The molecule has 0 spiro atoms. The van der Waals surface area contributed by atoms with Crippen molar-refractivity contribution in [3.8, 4) is 0 Å². The van der Waals surface area contributed by atoms with Crippen LogP contribution >= 0.6 is 0 Å². The summed E-state index contributed by atoms with van der Waals surface area (Å²) >= 11 is 0. The van der Waals surface area contributed by atoms with Crippen molar-refractivity contribution < 1.29 is 19.2 Å². The Morgan fingerprint density at radius 2 is 1.59 bits per heavy atom. The highest BCUT2D eigenvalue weighted by atomic mass is 16.6. The van der Waals surface area contributed by atoms with Crippen molar-refractivity contribution in [2.24, 2.45) is 0 Å². The average Bonchev–Trinajstić information content (AvgIpc) is 2.54. The van der Waals surface area contributed by atoms with Gasteiger partial charge in [-0.05, 0) is 19.1 Å². The van der Waals surface area contributed by atoms with E-state index in [1.807, 2.05) is 0 Å². The van der Waals surface area contributed by atoms with E-state index >= 15 is 0 Å². The van der Waals surface area contributed by atoms with Crippen LogP contribution in [-0.2, 0) is 4.74 Å². The molecule has 0 amide bonds. The van der Waals surface area contributed by atoms with Crippen LogP contribution in [0.4, 0.5) is 5.69 Å². The molecule has 2 aromatic rings. The van der Waals surface area contributed by atoms with Crippen LogP contribution in [-0.4, -0.2) is 22.8 Å². The number of hydrogen-bond donors (Lipinski definition) is 0. The molecule has 0 aliphatic heterocycles. The maximum absolute atomic E-state index is 12.1. The van der Waals surface area contributed by atoms with Gasteiger partial charge in [-0.25, -0.2) is 4.79 Å². The first-order chi connectivity index (χ1) is 10.5. The van der Waals surface area contributed by atoms with Crippen molar-refractivity contribution in [2.75, 3.05) is 0 Å². The van der Waals surface area contributed by atoms with Crippen LogP contribution in [0.5, 0.6) is 0 Å². The molecule has 6 nitrogen and oxygen atoms in total. The summed E-state index contributed by atoms with van der Waals surface area (Å²) in [6.07, 6.45) is -0.940. The zero-order valence-corrected chi connectivity index (χ0v) is 11.8. The molecule has 2 aromatic carbocycles. The smallest absolute Gasteiger partial charge is 0.338 e. The summed E-state index contributed by atoms with van der Waals surface area (Å²) in [5.74, 6) is -1.01. The number of carbonyl (C=O) groups is 2. The minimum atomic E-state index is -0.940. The SMILES string of the molecule is C[C@@H](OC(=O)c1ccc([N+](=O)[O-])cc1)C(=O)c1ccccc1. The van der Waals surface area contributed by atoms with Crippen LogP contribution in [0.25, 0.3) is 0 Å². The van der Waals surface area contributed by atoms with E-state index in [1.165, 1.54) is 31.2 Å². The van der Waals surface area contributed by atoms with Crippen molar-refractivity contribution >= 4 is 17.4 Å². The summed E-state index contributed by atoms with van der Waals surface area (Å²) in [5, 5.41) is 10.6. The number of nitrogens with zero attached hydrogens (tertiary/aromatic N) is 1. The molecule has 0 radical (unpaired) electrons. The molecule has 0 aliphatic rings. The van der Waals surface area contributed by atoms with E-state index in [1.54, 1.807) is 30.3 Å². The van der Waals surface area contributed by atoms with Gasteiger partial charge in [-0.3, -0.25) is 14.9 Å². The highest BCUT2D eigenvalue weighted by molar-refractivity contribution is 6.01. The normalized spacial score (nSPS) is 11.5. The van der Waals surface area contributed by atoms with Gasteiger partial charge >= 0.3 is 5.97 Å². The number of Topliss-reactive ketones (excluding diaryl/α,β-unsaturated/α-hetero) is 1. The van der Waals surface area contributed by atoms with Gasteiger partial charge in [0.25, 0.3) is 5.69 Å². The fourth-order valence-electron chi connectivity index (χ4n) is 1.84. The van der Waals surface area contributed by atoms with Crippen molar-refractivity contribution in [1.82, 2.24) is 0 Å². The summed E-state index contributed by atoms with van der Waals surface area (Å²) in [6, 6.07) is 13.5. The number of ketones is 1. The van der Waals surface area contributed by atoms with E-state index in [-0.39, 0.29) is 17.0 Å². The second-order valence-corrected chi connectivity index (χ2v) is 4.58. The maximum atomic E-state index is 12.1. The standard InChI is InChI=1S/C16H13NO5/c1-11(15(18)12-5-3-2-4-6-12)22-16(19)13-7-9-14(10-8-13)17(20)21/h2-11H,1H3/t11-/m1/s1. The summed E-state index contributed by atoms with van der Waals surface area (Å²) in [7, 11) is 0. The first-order valence-electron chi connectivity index (χ1n) is 6.53. The number of nitro groups is 1. The summed E-state index contributed by atoms with van der Waals surface area (Å²) < 4.78 is 5.09. The van der Waals surface area contributed by atoms with E-state index in [2.05, 4.69) is 0 Å². The Morgan fingerprint density at radius 1 is 1.00 bits per heavy atom. The van der Waals surface area contributed by atoms with Gasteiger partial charge in [0, 0.05) is 17.7 Å². The summed E-state index contributed by atoms with van der Waals surface area (Å²) in [5.41, 5.74) is 0.481. The fourth-order valence-corrected chi connectivity index (χ4v) is 1.84. The number of hydrogen-bond acceptors (Lipinski definition) is 5. The van der Waals surface area contributed by atoms with Gasteiger partial charge in [-0.2, -0.15) is 0 Å². The van der Waals surface area contributed by atoms with E-state index in [4.69, 9.17) is 4.74 Å². The third kappa shape index (κ3) is 3.54. The van der Waals surface area contributed by atoms with Gasteiger partial charge in [0.15, 0.2) is 6.10 Å². The Balaban J connectivity index is 2.05. The molecule has 6 heteroatoms. The predicted octanol–water partition coefficient (Wildman–Crippen LogP) is 3.02. The van der Waals surface area contributed by atoms with Crippen LogP contribution in [0.2, 0.25) is 0 Å². The van der Waals surface area contributed by atoms with E-state index in [9.17, 15) is 19.7 Å². The summed E-state index contributed by atoms with van der Waals surface area (Å²) in [4.78, 5) is 34.0. The average molecular weight is 299 g/mol. The van der Waals surface area contributed by atoms with Crippen LogP contribution in [0.15, 0.2) is 54.6 Å². The molecule has 0 unspecified atom stereocenters. The van der Waals surface area contributed by atoms with Crippen molar-refractivity contribution in [3.05, 3.63) is 75.8 Å². The minimum Gasteiger partial charge on any atom is -0.451 e. The molecule has 22 heavy (non-hydrogen) atoms. The van der Waals surface area contributed by atoms with Crippen molar-refractivity contribution in [3.63, 3.8) is 0 Å². The molecule has 0 saturated heterocycles. The lowest BCUT2D eigenvalue weighted by Crippen LogP contribution is -2.24. The molecule has 0 fully saturated rings. The maximum Gasteiger partial charge on any atom is 0.338 e. The Morgan fingerprint density at radius 3 is 2.14 bits per heavy atom. The van der Waals surface area contributed by atoms with Crippen LogP contribution in [0, 0.1) is 10.1 Å². The lowest BCUT2D eigenvalue weighted by Gasteiger charge is -2.12. The quantitative estimate of drug-likeness (QED) is 0.366. The predicted molar refractivity (Wildman–Crippen MR) is 78.7 cm³/mol. The molecule has 2 rings (SSSR count). The Hall–Kier alpha value is -3.02. The van der Waals surface area contributed by atoms with Crippen LogP contribution in [0.3, 0.4) is 0 Å². The van der Waals surface area contributed by atoms with Gasteiger partial charge in [-0.1, -0.05) is 30.3 Å². The van der Waals surface area contributed by atoms with Crippen molar-refractivity contribution in [1.29, 1.82) is 0 Å². The lowest BCUT2D eigenvalue weighted by atomic mass is 10.1. The number of carbonyl (C=O) groups excluding carboxylic acids is 2. The van der Waals surface area contributed by atoms with Crippen LogP contribution < -0.4 is 0 Å². The Labute approximate surface area is 126 Å². The highest BCUT2D eigenvalue weighted by Gasteiger charge is 2.20. The van der Waals surface area contributed by atoms with E-state index in [0.717, 1.165) is 0 Å². The van der Waals surface area contributed by atoms with Gasteiger partial charge in [0.2, 0.25) is 5.78 Å². The van der Waals surface area contributed by atoms with E-state index < -0.39 is 17.0 Å². The number of nitro benzene ring substituents is 1. The fraction of sp³-hybridized carbons (Fsp3) is 0.125. The molecule has 0 bridgehead atoms. The first-order valence-corrected chi connectivity index (χ1v) is 6.53. The first kappa shape index (κ1) is 15.4. The molecule has 0 aromatic heterocycles. The molecule has 0 saturated carbocycles. The number of ether oxygens (including phenoxy) is 1. The van der Waals surface area contributed by atoms with Crippen LogP contribution in [0.1, 0.15) is 27.6 Å². The Kier molecular flexibility index (Phi) is 4.63. The topological polar surface area (TPSA) is 86.5 Å². The zero-order valence-electron chi connectivity index (χ0n) is 11.8. The molecular weight excluding hydrogens is 286 g/mol. The highest BCUT2D eigenvalue weighted by Crippen LogP contribution is 2.14. The van der Waals surface area contributed by atoms with Crippen molar-refractivity contribution in [2.45, 2.75) is 13.0 Å². The van der Waals surface area contributed by atoms with Gasteiger partial charge in [-0.15, -0.1) is 0 Å². The monoisotopic (exact) mass is 299 g/mol. The minimum absolute atomic E-state index is 0.120. The molecule has 1 atom stereocenters. The molecule has 112 valence electrons.